The number of nitrogens with zero attached hydrogens (tertiary/aromatic N) is 2. The van der Waals surface area contributed by atoms with Crippen LogP contribution in [0.1, 0.15) is 38.9 Å². The van der Waals surface area contributed by atoms with E-state index in [1.54, 1.807) is 16.1 Å². The van der Waals surface area contributed by atoms with E-state index in [-0.39, 0.29) is 29.9 Å². The summed E-state index contributed by atoms with van der Waals surface area (Å²) in [5.41, 5.74) is 0. The van der Waals surface area contributed by atoms with Crippen LogP contribution in [0, 0.1) is 0 Å². The van der Waals surface area contributed by atoms with Gasteiger partial charge in [-0.15, -0.1) is 0 Å². The smallest absolute Gasteiger partial charge is 0.246 e. The molecule has 0 spiro atoms. The molecule has 3 rings (SSSR count). The predicted octanol–water partition coefficient (Wildman–Crippen LogP) is 1.82. The Kier molecular flexibility index (Phi) is 3.74. The summed E-state index contributed by atoms with van der Waals surface area (Å²) in [4.78, 5) is 28.9. The second-order valence-corrected chi connectivity index (χ2v) is 6.10. The molecule has 1 aromatic rings. The number of piperazine rings is 1. The molecule has 21 heavy (non-hydrogen) atoms. The van der Waals surface area contributed by atoms with Crippen LogP contribution in [-0.4, -0.2) is 46.3 Å². The molecule has 0 N–H and O–H groups in total. The molecule has 2 amide bonds. The zero-order valence-corrected chi connectivity index (χ0v) is 12.6. The van der Waals surface area contributed by atoms with Crippen molar-refractivity contribution in [3.8, 4) is 0 Å². The first-order chi connectivity index (χ1) is 10.1. The fourth-order valence-electron chi connectivity index (χ4n) is 3.59. The number of amides is 2. The lowest BCUT2D eigenvalue weighted by molar-refractivity contribution is -0.165. The number of furan rings is 1. The van der Waals surface area contributed by atoms with Crippen molar-refractivity contribution in [3.05, 3.63) is 24.2 Å². The van der Waals surface area contributed by atoms with E-state index in [4.69, 9.17) is 4.42 Å². The Morgan fingerprint density at radius 2 is 2.14 bits per heavy atom. The van der Waals surface area contributed by atoms with Crippen molar-refractivity contribution >= 4 is 11.8 Å². The van der Waals surface area contributed by atoms with E-state index in [1.807, 2.05) is 26.0 Å². The van der Waals surface area contributed by atoms with Gasteiger partial charge in [-0.1, -0.05) is 0 Å². The third kappa shape index (κ3) is 2.45. The van der Waals surface area contributed by atoms with Crippen molar-refractivity contribution in [1.82, 2.24) is 9.80 Å². The van der Waals surface area contributed by atoms with Gasteiger partial charge in [0.05, 0.1) is 6.26 Å². The van der Waals surface area contributed by atoms with Crippen LogP contribution in [0.3, 0.4) is 0 Å². The second kappa shape index (κ2) is 5.54. The van der Waals surface area contributed by atoms with Crippen molar-refractivity contribution in [2.24, 2.45) is 0 Å². The molecule has 5 nitrogen and oxygen atoms in total. The van der Waals surface area contributed by atoms with Crippen LogP contribution in [0.2, 0.25) is 0 Å². The fourth-order valence-corrected chi connectivity index (χ4v) is 3.59. The molecule has 0 radical (unpaired) electrons. The molecule has 0 saturated carbocycles. The summed E-state index contributed by atoms with van der Waals surface area (Å²) in [5.74, 6) is 1.03. The molecule has 0 aromatic carbocycles. The minimum absolute atomic E-state index is 0.0355. The van der Waals surface area contributed by atoms with Crippen LogP contribution in [-0.2, 0) is 16.0 Å². The second-order valence-electron chi connectivity index (χ2n) is 6.10. The Bertz CT molecular complexity index is 526. The summed E-state index contributed by atoms with van der Waals surface area (Å²) in [6, 6.07) is 3.09. The van der Waals surface area contributed by atoms with Gasteiger partial charge in [0.1, 0.15) is 17.8 Å². The highest BCUT2D eigenvalue weighted by molar-refractivity contribution is 5.97. The molecular formula is C16H22N2O3. The monoisotopic (exact) mass is 290 g/mol. The number of rotatable bonds is 3. The van der Waals surface area contributed by atoms with Gasteiger partial charge in [-0.05, 0) is 45.2 Å². The van der Waals surface area contributed by atoms with Crippen LogP contribution in [0.15, 0.2) is 22.8 Å². The van der Waals surface area contributed by atoms with Gasteiger partial charge < -0.3 is 14.2 Å². The zero-order chi connectivity index (χ0) is 15.0. The van der Waals surface area contributed by atoms with E-state index >= 15 is 0 Å². The van der Waals surface area contributed by atoms with E-state index in [1.165, 1.54) is 0 Å². The van der Waals surface area contributed by atoms with Crippen LogP contribution in [0.4, 0.5) is 0 Å². The molecule has 2 saturated heterocycles. The Morgan fingerprint density at radius 3 is 2.86 bits per heavy atom. The van der Waals surface area contributed by atoms with Gasteiger partial charge in [0.2, 0.25) is 11.8 Å². The maximum absolute atomic E-state index is 12.8. The standard InChI is InChI=1S/C16H22N2O3/c1-11(10-13-6-5-9-21-13)18-12(2)15(19)17-8-4-3-7-14(17)16(18)20/h5-6,9,11-12,14H,3-4,7-8,10H2,1-2H3. The summed E-state index contributed by atoms with van der Waals surface area (Å²) in [5, 5.41) is 0. The average molecular weight is 290 g/mol. The van der Waals surface area contributed by atoms with Gasteiger partial charge in [0, 0.05) is 19.0 Å². The molecule has 3 unspecified atom stereocenters. The zero-order valence-electron chi connectivity index (χ0n) is 12.6. The van der Waals surface area contributed by atoms with Gasteiger partial charge in [-0.25, -0.2) is 0 Å². The number of hydrogen-bond donors (Lipinski definition) is 0. The number of hydrogen-bond acceptors (Lipinski definition) is 3. The van der Waals surface area contributed by atoms with Gasteiger partial charge in [-0.2, -0.15) is 0 Å². The molecule has 114 valence electrons. The summed E-state index contributed by atoms with van der Waals surface area (Å²) in [7, 11) is 0. The summed E-state index contributed by atoms with van der Waals surface area (Å²) >= 11 is 0. The summed E-state index contributed by atoms with van der Waals surface area (Å²) in [6.45, 7) is 4.55. The van der Waals surface area contributed by atoms with Crippen LogP contribution < -0.4 is 0 Å². The Hall–Kier alpha value is -1.78. The lowest BCUT2D eigenvalue weighted by Gasteiger charge is -2.48. The van der Waals surface area contributed by atoms with E-state index in [9.17, 15) is 9.59 Å². The highest BCUT2D eigenvalue weighted by Gasteiger charge is 2.46. The van der Waals surface area contributed by atoms with Gasteiger partial charge >= 0.3 is 0 Å². The largest absolute Gasteiger partial charge is 0.469 e. The molecule has 3 heterocycles. The summed E-state index contributed by atoms with van der Waals surface area (Å²) in [6.07, 6.45) is 5.10. The summed E-state index contributed by atoms with van der Waals surface area (Å²) < 4.78 is 5.37. The first-order valence-corrected chi connectivity index (χ1v) is 7.74. The van der Waals surface area contributed by atoms with Crippen LogP contribution in [0.5, 0.6) is 0 Å². The van der Waals surface area contributed by atoms with Gasteiger partial charge in [0.15, 0.2) is 0 Å². The van der Waals surface area contributed by atoms with Gasteiger partial charge in [0.25, 0.3) is 0 Å². The maximum atomic E-state index is 12.8. The third-order valence-corrected chi connectivity index (χ3v) is 4.65. The van der Waals surface area contributed by atoms with Crippen LogP contribution >= 0.6 is 0 Å². The lowest BCUT2D eigenvalue weighted by Crippen LogP contribution is -2.66. The molecule has 3 atom stereocenters. The number of piperidine rings is 1. The minimum Gasteiger partial charge on any atom is -0.469 e. The number of carbonyl (C=O) groups excluding carboxylic acids is 2. The molecule has 2 aliphatic rings. The molecular weight excluding hydrogens is 268 g/mol. The quantitative estimate of drug-likeness (QED) is 0.853. The van der Waals surface area contributed by atoms with E-state index in [0.29, 0.717) is 6.42 Å². The first kappa shape index (κ1) is 14.2. The minimum atomic E-state index is -0.378. The fraction of sp³-hybridized carbons (Fsp3) is 0.625. The van der Waals surface area contributed by atoms with Crippen molar-refractivity contribution in [3.63, 3.8) is 0 Å². The van der Waals surface area contributed by atoms with Gasteiger partial charge in [-0.3, -0.25) is 9.59 Å². The van der Waals surface area contributed by atoms with Crippen LogP contribution in [0.25, 0.3) is 0 Å². The molecule has 0 bridgehead atoms. The molecule has 2 fully saturated rings. The normalized spacial score (nSPS) is 27.7. The topological polar surface area (TPSA) is 53.8 Å². The highest BCUT2D eigenvalue weighted by Crippen LogP contribution is 2.28. The first-order valence-electron chi connectivity index (χ1n) is 7.74. The molecule has 5 heteroatoms. The van der Waals surface area contributed by atoms with Crippen molar-refractivity contribution in [2.75, 3.05) is 6.54 Å². The molecule has 1 aromatic heterocycles. The van der Waals surface area contributed by atoms with Crippen molar-refractivity contribution in [2.45, 2.75) is 57.7 Å². The SMILES string of the molecule is CC(Cc1ccco1)N1C(=O)C2CCCCN2C(=O)C1C. The van der Waals surface area contributed by atoms with Crippen molar-refractivity contribution in [1.29, 1.82) is 0 Å². The predicted molar refractivity (Wildman–Crippen MR) is 77.5 cm³/mol. The number of fused-ring (bicyclic) bond motifs is 1. The Labute approximate surface area is 124 Å². The maximum Gasteiger partial charge on any atom is 0.246 e. The average Bonchev–Trinajstić information content (AvgIpc) is 2.98. The third-order valence-electron chi connectivity index (χ3n) is 4.65. The molecule has 0 aliphatic carbocycles. The van der Waals surface area contributed by atoms with E-state index in [2.05, 4.69) is 0 Å². The number of carbonyl (C=O) groups is 2. The van der Waals surface area contributed by atoms with E-state index in [0.717, 1.165) is 31.6 Å². The van der Waals surface area contributed by atoms with Crippen molar-refractivity contribution < 1.29 is 14.0 Å². The highest BCUT2D eigenvalue weighted by atomic mass is 16.3. The Balaban J connectivity index is 1.80. The lowest BCUT2D eigenvalue weighted by atomic mass is 9.94. The van der Waals surface area contributed by atoms with E-state index < -0.39 is 0 Å². The Morgan fingerprint density at radius 1 is 1.33 bits per heavy atom. The molecule has 2 aliphatic heterocycles.